The highest BCUT2D eigenvalue weighted by molar-refractivity contribution is 9.11. The lowest BCUT2D eigenvalue weighted by atomic mass is 9.79. The SMILES string of the molecule is O=C(O)CCC(=O)N1N=C(C2=C(c3ccccc3)C3C=C(Br)C=CC3=NC2=O)CC1c1ccccc1F. The largest absolute Gasteiger partial charge is 0.481 e. The number of nitrogens with zero attached hydrogens (tertiary/aromatic N) is 3. The van der Waals surface area contributed by atoms with Crippen molar-refractivity contribution in [2.75, 3.05) is 0 Å². The maximum absolute atomic E-state index is 14.8. The van der Waals surface area contributed by atoms with E-state index >= 15 is 0 Å². The highest BCUT2D eigenvalue weighted by atomic mass is 79.9. The Labute approximate surface area is 220 Å². The quantitative estimate of drug-likeness (QED) is 0.522. The molecule has 2 aromatic carbocycles. The maximum atomic E-state index is 14.8. The highest BCUT2D eigenvalue weighted by Gasteiger charge is 2.40. The van der Waals surface area contributed by atoms with Crippen LogP contribution in [0, 0.1) is 11.7 Å². The van der Waals surface area contributed by atoms with Crippen molar-refractivity contribution in [3.8, 4) is 0 Å². The van der Waals surface area contributed by atoms with Gasteiger partial charge in [0.15, 0.2) is 0 Å². The predicted octanol–water partition coefficient (Wildman–Crippen LogP) is 5.22. The Morgan fingerprint density at radius 3 is 2.51 bits per heavy atom. The molecule has 2 unspecified atom stereocenters. The molecule has 0 radical (unpaired) electrons. The lowest BCUT2D eigenvalue weighted by molar-refractivity contribution is -0.141. The van der Waals surface area contributed by atoms with Gasteiger partial charge in [-0.25, -0.2) is 14.4 Å². The van der Waals surface area contributed by atoms with E-state index in [0.29, 0.717) is 17.0 Å². The number of allylic oxidation sites excluding steroid dienone is 5. The van der Waals surface area contributed by atoms with Gasteiger partial charge in [0.2, 0.25) is 5.91 Å². The molecule has 0 fully saturated rings. The summed E-state index contributed by atoms with van der Waals surface area (Å²) in [6.45, 7) is 0. The maximum Gasteiger partial charge on any atom is 0.303 e. The number of dihydropyridines is 1. The van der Waals surface area contributed by atoms with Crippen LogP contribution in [0.2, 0.25) is 0 Å². The number of carbonyl (C=O) groups excluding carboxylic acids is 2. The highest BCUT2D eigenvalue weighted by Crippen LogP contribution is 2.41. The summed E-state index contributed by atoms with van der Waals surface area (Å²) in [6.07, 6.45) is 4.94. The van der Waals surface area contributed by atoms with Gasteiger partial charge in [0.1, 0.15) is 5.82 Å². The number of fused-ring (bicyclic) bond motifs is 1. The van der Waals surface area contributed by atoms with Gasteiger partial charge in [-0.3, -0.25) is 14.4 Å². The lowest BCUT2D eigenvalue weighted by Gasteiger charge is -2.27. The zero-order valence-corrected chi connectivity index (χ0v) is 21.1. The monoisotopic (exact) mass is 561 g/mol. The molecule has 2 atom stereocenters. The summed E-state index contributed by atoms with van der Waals surface area (Å²) in [4.78, 5) is 41.9. The number of amides is 2. The summed E-state index contributed by atoms with van der Waals surface area (Å²) in [5.41, 5.74) is 2.90. The number of hydrogen-bond acceptors (Lipinski definition) is 4. The van der Waals surface area contributed by atoms with Crippen molar-refractivity contribution in [2.24, 2.45) is 16.0 Å². The fourth-order valence-corrected chi connectivity index (χ4v) is 5.17. The third-order valence-electron chi connectivity index (χ3n) is 6.44. The first-order valence-electron chi connectivity index (χ1n) is 11.7. The van der Waals surface area contributed by atoms with Gasteiger partial charge >= 0.3 is 5.97 Å². The Kier molecular flexibility index (Phi) is 6.80. The number of hydrogen-bond donors (Lipinski definition) is 1. The summed E-state index contributed by atoms with van der Waals surface area (Å²) in [5.74, 6) is -3.03. The van der Waals surface area contributed by atoms with Gasteiger partial charge in [0.25, 0.3) is 5.91 Å². The van der Waals surface area contributed by atoms with Crippen LogP contribution < -0.4 is 0 Å². The van der Waals surface area contributed by atoms with E-state index in [1.165, 1.54) is 6.07 Å². The van der Waals surface area contributed by atoms with Crippen LogP contribution in [-0.4, -0.2) is 39.3 Å². The molecule has 5 rings (SSSR count). The van der Waals surface area contributed by atoms with Crippen molar-refractivity contribution in [1.29, 1.82) is 0 Å². The van der Waals surface area contributed by atoms with Gasteiger partial charge in [-0.2, -0.15) is 5.10 Å². The normalized spacial score (nSPS) is 20.9. The fraction of sp³-hybridized carbons (Fsp3) is 0.179. The summed E-state index contributed by atoms with van der Waals surface area (Å²) >= 11 is 3.51. The van der Waals surface area contributed by atoms with Gasteiger partial charge in [-0.15, -0.1) is 0 Å². The topological polar surface area (TPSA) is 99.4 Å². The molecule has 0 aromatic heterocycles. The van der Waals surface area contributed by atoms with Crippen molar-refractivity contribution in [1.82, 2.24) is 5.01 Å². The molecule has 0 saturated heterocycles. The van der Waals surface area contributed by atoms with Gasteiger partial charge in [0.05, 0.1) is 29.5 Å². The van der Waals surface area contributed by atoms with Crippen LogP contribution in [-0.2, 0) is 14.4 Å². The molecule has 7 nitrogen and oxygen atoms in total. The molecular weight excluding hydrogens is 541 g/mol. The van der Waals surface area contributed by atoms with E-state index in [4.69, 9.17) is 5.11 Å². The van der Waals surface area contributed by atoms with Crippen LogP contribution in [0.25, 0.3) is 5.57 Å². The van der Waals surface area contributed by atoms with Gasteiger partial charge in [-0.05, 0) is 29.4 Å². The average molecular weight is 562 g/mol. The minimum absolute atomic E-state index is 0.0788. The number of carboxylic acid groups (broad SMARTS) is 1. The van der Waals surface area contributed by atoms with Crippen molar-refractivity contribution in [3.05, 3.63) is 99.8 Å². The number of benzene rings is 2. The second-order valence-electron chi connectivity index (χ2n) is 8.78. The zero-order valence-electron chi connectivity index (χ0n) is 19.5. The first-order valence-corrected chi connectivity index (χ1v) is 12.5. The second-order valence-corrected chi connectivity index (χ2v) is 9.69. The van der Waals surface area contributed by atoms with Gasteiger partial charge in [0, 0.05) is 28.8 Å². The second kappa shape index (κ2) is 10.2. The molecule has 2 heterocycles. The Balaban J connectivity index is 1.65. The molecule has 0 spiro atoms. The first kappa shape index (κ1) is 24.7. The van der Waals surface area contributed by atoms with E-state index in [1.54, 1.807) is 24.3 Å². The molecule has 3 aliphatic rings. The minimum Gasteiger partial charge on any atom is -0.481 e. The molecule has 0 saturated carbocycles. The van der Waals surface area contributed by atoms with Crippen molar-refractivity contribution in [3.63, 3.8) is 0 Å². The minimum atomic E-state index is -1.12. The van der Waals surface area contributed by atoms with Gasteiger partial charge < -0.3 is 5.11 Å². The molecule has 2 aliphatic heterocycles. The Morgan fingerprint density at radius 2 is 1.78 bits per heavy atom. The lowest BCUT2D eigenvalue weighted by Crippen LogP contribution is -2.28. The summed E-state index contributed by atoms with van der Waals surface area (Å²) in [7, 11) is 0. The van der Waals surface area contributed by atoms with E-state index in [2.05, 4.69) is 26.0 Å². The van der Waals surface area contributed by atoms with E-state index < -0.39 is 29.6 Å². The Hall–Kier alpha value is -3.98. The molecule has 0 bridgehead atoms. The number of aliphatic imine (C=N–C) groups is 1. The Morgan fingerprint density at radius 1 is 1.05 bits per heavy atom. The molecule has 186 valence electrons. The summed E-state index contributed by atoms with van der Waals surface area (Å²) in [5, 5.41) is 14.7. The third-order valence-corrected chi connectivity index (χ3v) is 6.97. The van der Waals surface area contributed by atoms with E-state index in [9.17, 15) is 18.8 Å². The molecule has 1 N–H and O–H groups in total. The molecule has 1 aliphatic carbocycles. The fourth-order valence-electron chi connectivity index (χ4n) is 4.78. The van der Waals surface area contributed by atoms with Crippen molar-refractivity contribution in [2.45, 2.75) is 25.3 Å². The van der Waals surface area contributed by atoms with Crippen LogP contribution in [0.15, 0.2) is 93.0 Å². The number of hydrazone groups is 1. The number of halogens is 2. The number of carbonyl (C=O) groups is 3. The molecule has 2 aromatic rings. The van der Waals surface area contributed by atoms with Crippen molar-refractivity contribution >= 4 is 50.7 Å². The number of carboxylic acids is 1. The van der Waals surface area contributed by atoms with E-state index in [0.717, 1.165) is 15.1 Å². The molecule has 37 heavy (non-hydrogen) atoms. The van der Waals surface area contributed by atoms with Crippen LogP contribution in [0.4, 0.5) is 4.39 Å². The number of rotatable bonds is 6. The standard InChI is InChI=1S/C28H21BrFN3O4/c29-17-10-11-21-19(14-17)26(16-6-2-1-3-7-16)27(28(37)31-21)22-15-23(18-8-4-5-9-20(18)30)33(32-22)24(34)12-13-25(35)36/h1-11,14,19,23H,12-13,15H2,(H,35,36). The summed E-state index contributed by atoms with van der Waals surface area (Å²) < 4.78 is 15.7. The van der Waals surface area contributed by atoms with Crippen LogP contribution in [0.1, 0.15) is 36.4 Å². The van der Waals surface area contributed by atoms with Crippen LogP contribution in [0.5, 0.6) is 0 Å². The first-order chi connectivity index (χ1) is 17.8. The van der Waals surface area contributed by atoms with E-state index in [-0.39, 0.29) is 36.3 Å². The van der Waals surface area contributed by atoms with Crippen LogP contribution >= 0.6 is 15.9 Å². The average Bonchev–Trinajstić information content (AvgIpc) is 3.32. The summed E-state index contributed by atoms with van der Waals surface area (Å²) in [6, 6.07) is 14.6. The molecule has 2 amide bonds. The third kappa shape index (κ3) is 4.86. The molecule has 9 heteroatoms. The smallest absolute Gasteiger partial charge is 0.303 e. The molecular formula is C28H21BrFN3O4. The van der Waals surface area contributed by atoms with Crippen LogP contribution in [0.3, 0.4) is 0 Å². The Bertz CT molecular complexity index is 1460. The van der Waals surface area contributed by atoms with E-state index in [1.807, 2.05) is 42.5 Å². The van der Waals surface area contributed by atoms with Crippen molar-refractivity contribution < 1.29 is 23.9 Å². The van der Waals surface area contributed by atoms with Gasteiger partial charge in [-0.1, -0.05) is 70.5 Å². The predicted molar refractivity (Wildman–Crippen MR) is 140 cm³/mol. The zero-order chi connectivity index (χ0) is 26.1. The number of aliphatic carboxylic acids is 1.